The highest BCUT2D eigenvalue weighted by atomic mass is 79.9. The van der Waals surface area contributed by atoms with E-state index >= 15 is 0 Å². The largest absolute Gasteiger partial charge is 0.479 e. The molecule has 0 unspecified atom stereocenters. The lowest BCUT2D eigenvalue weighted by molar-refractivity contribution is 0.102. The lowest BCUT2D eigenvalue weighted by atomic mass is 10.2. The Labute approximate surface area is 124 Å². The zero-order valence-electron chi connectivity index (χ0n) is 10.9. The van der Waals surface area contributed by atoms with Gasteiger partial charge in [-0.25, -0.2) is 4.98 Å². The number of rotatable bonds is 4. The van der Waals surface area contributed by atoms with Gasteiger partial charge in [-0.2, -0.15) is 4.98 Å². The van der Waals surface area contributed by atoms with Crippen LogP contribution in [0.15, 0.2) is 34.9 Å². The van der Waals surface area contributed by atoms with Crippen LogP contribution >= 0.6 is 15.9 Å². The number of carbonyl (C=O) groups is 1. The predicted molar refractivity (Wildman–Crippen MR) is 77.2 cm³/mol. The number of benzene rings is 1. The number of amides is 1. The number of hydrogen-bond donors (Lipinski definition) is 1. The van der Waals surface area contributed by atoms with E-state index in [-0.39, 0.29) is 17.8 Å². The summed E-state index contributed by atoms with van der Waals surface area (Å²) >= 11 is 3.31. The van der Waals surface area contributed by atoms with Crippen LogP contribution < -0.4 is 14.8 Å². The Bertz CT molecular complexity index is 617. The van der Waals surface area contributed by atoms with Crippen LogP contribution in [0.1, 0.15) is 10.4 Å². The van der Waals surface area contributed by atoms with Crippen LogP contribution in [0.2, 0.25) is 0 Å². The van der Waals surface area contributed by atoms with E-state index in [1.807, 2.05) is 0 Å². The van der Waals surface area contributed by atoms with Crippen molar-refractivity contribution in [2.24, 2.45) is 0 Å². The van der Waals surface area contributed by atoms with E-state index in [4.69, 9.17) is 9.47 Å². The van der Waals surface area contributed by atoms with Crippen molar-refractivity contribution in [2.75, 3.05) is 19.5 Å². The molecule has 0 saturated heterocycles. The summed E-state index contributed by atoms with van der Waals surface area (Å²) in [5.74, 6) is -0.0353. The maximum absolute atomic E-state index is 12.1. The molecule has 2 rings (SSSR count). The number of hydrogen-bond acceptors (Lipinski definition) is 5. The van der Waals surface area contributed by atoms with Gasteiger partial charge in [0, 0.05) is 10.0 Å². The highest BCUT2D eigenvalue weighted by Crippen LogP contribution is 2.23. The zero-order valence-corrected chi connectivity index (χ0v) is 12.5. The van der Waals surface area contributed by atoms with Crippen molar-refractivity contribution < 1.29 is 14.3 Å². The number of halogens is 1. The van der Waals surface area contributed by atoms with Crippen molar-refractivity contribution >= 4 is 27.5 Å². The van der Waals surface area contributed by atoms with Gasteiger partial charge < -0.3 is 14.8 Å². The SMILES string of the molecule is COc1ncc(NC(=O)c2ccc(Br)cc2)c(OC)n1. The highest BCUT2D eigenvalue weighted by molar-refractivity contribution is 9.10. The molecule has 6 nitrogen and oxygen atoms in total. The molecule has 104 valence electrons. The molecule has 0 atom stereocenters. The van der Waals surface area contributed by atoms with E-state index in [2.05, 4.69) is 31.2 Å². The topological polar surface area (TPSA) is 73.3 Å². The van der Waals surface area contributed by atoms with Gasteiger partial charge in [0.1, 0.15) is 5.69 Å². The third-order valence-corrected chi connectivity index (χ3v) is 2.99. The minimum absolute atomic E-state index is 0.170. The average Bonchev–Trinajstić information content (AvgIpc) is 2.48. The number of nitrogens with one attached hydrogen (secondary N) is 1. The van der Waals surface area contributed by atoms with Gasteiger partial charge in [-0.3, -0.25) is 4.79 Å². The average molecular weight is 338 g/mol. The van der Waals surface area contributed by atoms with E-state index in [0.29, 0.717) is 11.3 Å². The fraction of sp³-hybridized carbons (Fsp3) is 0.154. The fourth-order valence-corrected chi connectivity index (χ4v) is 1.75. The predicted octanol–water partition coefficient (Wildman–Crippen LogP) is 2.51. The highest BCUT2D eigenvalue weighted by Gasteiger charge is 2.12. The number of carbonyl (C=O) groups excluding carboxylic acids is 1. The van der Waals surface area contributed by atoms with Crippen LogP contribution in [-0.2, 0) is 0 Å². The molecule has 0 bridgehead atoms. The van der Waals surface area contributed by atoms with Gasteiger partial charge in [0.05, 0.1) is 20.4 Å². The van der Waals surface area contributed by atoms with Gasteiger partial charge in [0.25, 0.3) is 5.91 Å². The number of methoxy groups -OCH3 is 2. The normalized spacial score (nSPS) is 9.95. The molecule has 2 aromatic rings. The van der Waals surface area contributed by atoms with E-state index in [9.17, 15) is 4.79 Å². The molecule has 1 N–H and O–H groups in total. The molecule has 20 heavy (non-hydrogen) atoms. The Morgan fingerprint density at radius 2 is 1.90 bits per heavy atom. The fourth-order valence-electron chi connectivity index (χ4n) is 1.49. The first-order valence-electron chi connectivity index (χ1n) is 5.66. The van der Waals surface area contributed by atoms with Gasteiger partial charge in [0.2, 0.25) is 5.88 Å². The van der Waals surface area contributed by atoms with Crippen LogP contribution in [-0.4, -0.2) is 30.1 Å². The van der Waals surface area contributed by atoms with Crippen LogP contribution in [0.4, 0.5) is 5.69 Å². The van der Waals surface area contributed by atoms with Gasteiger partial charge in [-0.1, -0.05) is 15.9 Å². The quantitative estimate of drug-likeness (QED) is 0.927. The first-order valence-corrected chi connectivity index (χ1v) is 6.45. The number of nitrogens with zero attached hydrogens (tertiary/aromatic N) is 2. The minimum Gasteiger partial charge on any atom is -0.479 e. The van der Waals surface area contributed by atoms with Crippen LogP contribution in [0, 0.1) is 0 Å². The van der Waals surface area contributed by atoms with E-state index in [1.54, 1.807) is 24.3 Å². The molecule has 1 heterocycles. The molecule has 1 aromatic carbocycles. The lowest BCUT2D eigenvalue weighted by Gasteiger charge is -2.09. The first-order chi connectivity index (χ1) is 9.63. The van der Waals surface area contributed by atoms with Crippen molar-refractivity contribution in [1.29, 1.82) is 0 Å². The second-order valence-electron chi connectivity index (χ2n) is 3.74. The summed E-state index contributed by atoms with van der Waals surface area (Å²) in [6.45, 7) is 0. The molecule has 1 amide bonds. The Morgan fingerprint density at radius 3 is 2.50 bits per heavy atom. The van der Waals surface area contributed by atoms with E-state index < -0.39 is 0 Å². The van der Waals surface area contributed by atoms with Crippen molar-refractivity contribution in [3.05, 3.63) is 40.5 Å². The number of anilines is 1. The van der Waals surface area contributed by atoms with Gasteiger partial charge in [-0.05, 0) is 24.3 Å². The monoisotopic (exact) mass is 337 g/mol. The molecule has 0 saturated carbocycles. The van der Waals surface area contributed by atoms with Gasteiger partial charge >= 0.3 is 6.01 Å². The summed E-state index contributed by atoms with van der Waals surface area (Å²) in [5, 5.41) is 2.69. The first kappa shape index (κ1) is 14.3. The van der Waals surface area contributed by atoms with Gasteiger partial charge in [-0.15, -0.1) is 0 Å². The number of aromatic nitrogens is 2. The minimum atomic E-state index is -0.274. The van der Waals surface area contributed by atoms with Crippen molar-refractivity contribution in [3.63, 3.8) is 0 Å². The molecular formula is C13H12BrN3O3. The molecule has 7 heteroatoms. The number of ether oxygens (including phenoxy) is 2. The summed E-state index contributed by atoms with van der Waals surface area (Å²) < 4.78 is 10.9. The Balaban J connectivity index is 2.21. The molecule has 1 aromatic heterocycles. The maximum Gasteiger partial charge on any atom is 0.319 e. The smallest absolute Gasteiger partial charge is 0.319 e. The summed E-state index contributed by atoms with van der Waals surface area (Å²) in [7, 11) is 2.91. The van der Waals surface area contributed by atoms with Crippen molar-refractivity contribution in [3.8, 4) is 11.9 Å². The summed E-state index contributed by atoms with van der Waals surface area (Å²) in [6, 6.07) is 7.16. The van der Waals surface area contributed by atoms with E-state index in [1.165, 1.54) is 20.4 Å². The third-order valence-electron chi connectivity index (χ3n) is 2.46. The van der Waals surface area contributed by atoms with Crippen LogP contribution in [0.3, 0.4) is 0 Å². The summed E-state index contributed by atoms with van der Waals surface area (Å²) in [6.07, 6.45) is 1.43. The van der Waals surface area contributed by atoms with Crippen LogP contribution in [0.25, 0.3) is 0 Å². The van der Waals surface area contributed by atoms with Crippen molar-refractivity contribution in [2.45, 2.75) is 0 Å². The maximum atomic E-state index is 12.1. The Hall–Kier alpha value is -2.15. The molecule has 0 radical (unpaired) electrons. The molecule has 0 spiro atoms. The second-order valence-corrected chi connectivity index (χ2v) is 4.66. The van der Waals surface area contributed by atoms with Crippen molar-refractivity contribution in [1.82, 2.24) is 9.97 Å². The second kappa shape index (κ2) is 6.33. The third kappa shape index (κ3) is 3.24. The molecule has 0 aliphatic heterocycles. The Morgan fingerprint density at radius 1 is 1.20 bits per heavy atom. The molecule has 0 aliphatic carbocycles. The van der Waals surface area contributed by atoms with Gasteiger partial charge in [0.15, 0.2) is 0 Å². The molecule has 0 aliphatic rings. The summed E-state index contributed by atoms with van der Waals surface area (Å²) in [5.41, 5.74) is 0.896. The standard InChI is InChI=1S/C13H12BrN3O3/c1-19-12-10(7-15-13(17-12)20-2)16-11(18)8-3-5-9(14)6-4-8/h3-7H,1-2H3,(H,16,18). The Kier molecular flexibility index (Phi) is 4.52. The summed E-state index contributed by atoms with van der Waals surface area (Å²) in [4.78, 5) is 20.0. The zero-order chi connectivity index (χ0) is 14.5. The van der Waals surface area contributed by atoms with Crippen LogP contribution in [0.5, 0.6) is 11.9 Å². The molecular weight excluding hydrogens is 326 g/mol. The van der Waals surface area contributed by atoms with E-state index in [0.717, 1.165) is 4.47 Å². The lowest BCUT2D eigenvalue weighted by Crippen LogP contribution is -2.13. The molecule has 0 fully saturated rings.